The van der Waals surface area contributed by atoms with E-state index < -0.39 is 0 Å². The number of rotatable bonds is 5. The highest BCUT2D eigenvalue weighted by atomic mass is 16.1. The molecule has 1 aromatic rings. The Kier molecular flexibility index (Phi) is 4.24. The van der Waals surface area contributed by atoms with E-state index >= 15 is 0 Å². The number of hydrogen-bond acceptors (Lipinski definition) is 3. The zero-order valence-electron chi connectivity index (χ0n) is 12.1. The summed E-state index contributed by atoms with van der Waals surface area (Å²) >= 11 is 0. The van der Waals surface area contributed by atoms with Gasteiger partial charge in [-0.2, -0.15) is 5.10 Å². The fourth-order valence-electron chi connectivity index (χ4n) is 2.70. The highest BCUT2D eigenvalue weighted by molar-refractivity contribution is 5.78. The van der Waals surface area contributed by atoms with Crippen molar-refractivity contribution in [1.82, 2.24) is 20.4 Å². The summed E-state index contributed by atoms with van der Waals surface area (Å²) in [5.41, 5.74) is 2.07. The summed E-state index contributed by atoms with van der Waals surface area (Å²) in [5.74, 6) is 0.0449. The molecule has 2 rings (SSSR count). The molecule has 106 valence electrons. The number of likely N-dealkylation sites (tertiary alicyclic amines) is 1. The summed E-state index contributed by atoms with van der Waals surface area (Å²) in [5, 5.41) is 9.89. The molecule has 0 bridgehead atoms. The zero-order valence-corrected chi connectivity index (χ0v) is 12.1. The monoisotopic (exact) mass is 264 g/mol. The Morgan fingerprint density at radius 3 is 2.95 bits per heavy atom. The molecule has 1 amide bonds. The lowest BCUT2D eigenvalue weighted by atomic mass is 10.0. The number of hydrogen-bond donors (Lipinski definition) is 2. The Morgan fingerprint density at radius 2 is 2.37 bits per heavy atom. The normalized spacial score (nSPS) is 18.7. The van der Waals surface area contributed by atoms with E-state index in [2.05, 4.69) is 34.3 Å². The largest absolute Gasteiger partial charge is 0.354 e. The molecular weight excluding hydrogens is 240 g/mol. The Balaban J connectivity index is 1.69. The molecule has 0 spiro atoms. The van der Waals surface area contributed by atoms with Gasteiger partial charge in [-0.15, -0.1) is 0 Å². The highest BCUT2D eigenvalue weighted by Gasteiger charge is 2.31. The third-order valence-electron chi connectivity index (χ3n) is 3.88. The Morgan fingerprint density at radius 1 is 1.58 bits per heavy atom. The van der Waals surface area contributed by atoms with E-state index in [0.29, 0.717) is 13.0 Å². The van der Waals surface area contributed by atoms with Crippen molar-refractivity contribution in [2.45, 2.75) is 45.6 Å². The topological polar surface area (TPSA) is 61.0 Å². The number of nitrogens with zero attached hydrogens (tertiary/aromatic N) is 2. The number of amides is 1. The molecule has 0 saturated carbocycles. The van der Waals surface area contributed by atoms with Gasteiger partial charge in [0.2, 0.25) is 5.91 Å². The van der Waals surface area contributed by atoms with E-state index in [1.807, 2.05) is 13.0 Å². The molecule has 19 heavy (non-hydrogen) atoms. The maximum absolute atomic E-state index is 11.8. The number of H-pyrrole nitrogens is 1. The van der Waals surface area contributed by atoms with Crippen molar-refractivity contribution in [3.8, 4) is 0 Å². The first-order chi connectivity index (χ1) is 8.97. The van der Waals surface area contributed by atoms with Gasteiger partial charge in [-0.1, -0.05) is 0 Å². The lowest BCUT2D eigenvalue weighted by Crippen LogP contribution is -2.43. The average Bonchev–Trinajstić information content (AvgIpc) is 2.86. The Labute approximate surface area is 114 Å². The maximum Gasteiger partial charge on any atom is 0.226 e. The molecule has 0 atom stereocenters. The maximum atomic E-state index is 11.8. The van der Waals surface area contributed by atoms with Crippen LogP contribution in [0.2, 0.25) is 0 Å². The molecule has 5 heteroatoms. The molecule has 2 heterocycles. The smallest absolute Gasteiger partial charge is 0.226 e. The van der Waals surface area contributed by atoms with Crippen LogP contribution in [0.3, 0.4) is 0 Å². The van der Waals surface area contributed by atoms with Crippen LogP contribution in [0, 0.1) is 6.92 Å². The minimum atomic E-state index is 0.0449. The van der Waals surface area contributed by atoms with Gasteiger partial charge in [-0.25, -0.2) is 0 Å². The summed E-state index contributed by atoms with van der Waals surface area (Å²) in [6, 6.07) is 1.91. The second-order valence-corrected chi connectivity index (χ2v) is 5.97. The number of nitrogens with one attached hydrogen (secondary N) is 2. The van der Waals surface area contributed by atoms with Gasteiger partial charge in [0.25, 0.3) is 0 Å². The highest BCUT2D eigenvalue weighted by Crippen LogP contribution is 2.27. The summed E-state index contributed by atoms with van der Waals surface area (Å²) in [7, 11) is 0. The van der Waals surface area contributed by atoms with Crippen LogP contribution in [0.5, 0.6) is 0 Å². The number of carbonyl (C=O) groups excluding carboxylic acids is 1. The fourth-order valence-corrected chi connectivity index (χ4v) is 2.70. The molecule has 0 aliphatic carbocycles. The molecule has 0 unspecified atom stereocenters. The Hall–Kier alpha value is -1.36. The first-order valence-electron chi connectivity index (χ1n) is 7.00. The molecule has 0 radical (unpaired) electrons. The summed E-state index contributed by atoms with van der Waals surface area (Å²) in [6.45, 7) is 9.26. The third kappa shape index (κ3) is 3.80. The third-order valence-corrected chi connectivity index (χ3v) is 3.88. The minimum Gasteiger partial charge on any atom is -0.354 e. The van der Waals surface area contributed by atoms with Gasteiger partial charge in [-0.3, -0.25) is 14.8 Å². The van der Waals surface area contributed by atoms with Crippen LogP contribution in [0.25, 0.3) is 0 Å². The number of aromatic nitrogens is 2. The molecule has 0 aromatic carbocycles. The summed E-state index contributed by atoms with van der Waals surface area (Å²) < 4.78 is 0. The molecule has 1 aliphatic heterocycles. The molecule has 1 saturated heterocycles. The van der Waals surface area contributed by atoms with Gasteiger partial charge in [0.05, 0.1) is 12.1 Å². The first-order valence-corrected chi connectivity index (χ1v) is 7.00. The fraction of sp³-hybridized carbons (Fsp3) is 0.714. The van der Waals surface area contributed by atoms with Crippen LogP contribution < -0.4 is 5.32 Å². The molecule has 2 N–H and O–H groups in total. The molecule has 1 fully saturated rings. The van der Waals surface area contributed by atoms with Crippen molar-refractivity contribution in [2.75, 3.05) is 19.6 Å². The van der Waals surface area contributed by atoms with Crippen molar-refractivity contribution >= 4 is 5.91 Å². The van der Waals surface area contributed by atoms with Crippen molar-refractivity contribution in [3.63, 3.8) is 0 Å². The number of carbonyl (C=O) groups is 1. The zero-order chi connectivity index (χ0) is 13.9. The minimum absolute atomic E-state index is 0.0449. The van der Waals surface area contributed by atoms with E-state index in [4.69, 9.17) is 0 Å². The molecular formula is C14H24N4O. The second-order valence-electron chi connectivity index (χ2n) is 5.97. The number of aromatic amines is 1. The SMILES string of the molecule is Cc1cc(CC(=O)NCCN2CCCC2(C)C)n[nH]1. The van der Waals surface area contributed by atoms with E-state index in [1.165, 1.54) is 12.8 Å². The van der Waals surface area contributed by atoms with Crippen LogP contribution in [-0.2, 0) is 11.2 Å². The van der Waals surface area contributed by atoms with Crippen LogP contribution >= 0.6 is 0 Å². The average molecular weight is 264 g/mol. The van der Waals surface area contributed by atoms with Crippen LogP contribution in [0.1, 0.15) is 38.1 Å². The van der Waals surface area contributed by atoms with E-state index in [9.17, 15) is 4.79 Å². The molecule has 5 nitrogen and oxygen atoms in total. The molecule has 1 aromatic heterocycles. The lowest BCUT2D eigenvalue weighted by molar-refractivity contribution is -0.120. The predicted molar refractivity (Wildman–Crippen MR) is 74.9 cm³/mol. The van der Waals surface area contributed by atoms with Crippen LogP contribution in [0.15, 0.2) is 6.07 Å². The quantitative estimate of drug-likeness (QED) is 0.841. The standard InChI is InChI=1S/C14H24N4O/c1-11-9-12(17-16-11)10-13(19)15-6-8-18-7-4-5-14(18,2)3/h9H,4-8,10H2,1-3H3,(H,15,19)(H,16,17). The van der Waals surface area contributed by atoms with E-state index in [1.54, 1.807) is 0 Å². The summed E-state index contributed by atoms with van der Waals surface area (Å²) in [6.07, 6.45) is 2.86. The van der Waals surface area contributed by atoms with Crippen LogP contribution in [0.4, 0.5) is 0 Å². The Bertz CT molecular complexity index is 438. The van der Waals surface area contributed by atoms with E-state index in [-0.39, 0.29) is 11.4 Å². The van der Waals surface area contributed by atoms with Gasteiger partial charge in [0.15, 0.2) is 0 Å². The van der Waals surface area contributed by atoms with Gasteiger partial charge in [-0.05, 0) is 46.2 Å². The summed E-state index contributed by atoms with van der Waals surface area (Å²) in [4.78, 5) is 14.2. The first kappa shape index (κ1) is 14.1. The predicted octanol–water partition coefficient (Wildman–Crippen LogP) is 1.25. The second kappa shape index (κ2) is 5.74. The van der Waals surface area contributed by atoms with Crippen molar-refractivity contribution in [1.29, 1.82) is 0 Å². The van der Waals surface area contributed by atoms with Crippen molar-refractivity contribution < 1.29 is 4.79 Å². The van der Waals surface area contributed by atoms with E-state index in [0.717, 1.165) is 24.5 Å². The molecule has 1 aliphatic rings. The van der Waals surface area contributed by atoms with Crippen molar-refractivity contribution in [2.24, 2.45) is 0 Å². The van der Waals surface area contributed by atoms with Gasteiger partial charge < -0.3 is 5.32 Å². The lowest BCUT2D eigenvalue weighted by Gasteiger charge is -2.31. The van der Waals surface area contributed by atoms with Gasteiger partial charge >= 0.3 is 0 Å². The number of aryl methyl sites for hydroxylation is 1. The van der Waals surface area contributed by atoms with Gasteiger partial charge in [0.1, 0.15) is 0 Å². The van der Waals surface area contributed by atoms with Crippen LogP contribution in [-0.4, -0.2) is 46.2 Å². The van der Waals surface area contributed by atoms with Gasteiger partial charge in [0, 0.05) is 24.3 Å². The van der Waals surface area contributed by atoms with Crippen molar-refractivity contribution in [3.05, 3.63) is 17.5 Å².